The maximum atomic E-state index is 13.0. The lowest BCUT2D eigenvalue weighted by Crippen LogP contribution is -2.48. The van der Waals surface area contributed by atoms with E-state index < -0.39 is 0 Å². The van der Waals surface area contributed by atoms with E-state index in [1.807, 2.05) is 0 Å². The van der Waals surface area contributed by atoms with Crippen molar-refractivity contribution in [3.05, 3.63) is 46.7 Å². The van der Waals surface area contributed by atoms with Gasteiger partial charge in [-0.1, -0.05) is 12.1 Å². The van der Waals surface area contributed by atoms with Crippen molar-refractivity contribution in [1.29, 1.82) is 0 Å². The zero-order valence-electron chi connectivity index (χ0n) is 16.4. The minimum absolute atomic E-state index is 0.107. The van der Waals surface area contributed by atoms with Crippen LogP contribution in [0.25, 0.3) is 0 Å². The fourth-order valence-corrected chi connectivity index (χ4v) is 3.85. The van der Waals surface area contributed by atoms with Crippen molar-refractivity contribution in [2.24, 2.45) is 0 Å². The molecule has 1 N–H and O–H groups in total. The quantitative estimate of drug-likeness (QED) is 0.660. The fraction of sp³-hybridized carbons (Fsp3) is 0.450. The number of benzene rings is 1. The molecule has 1 aliphatic rings. The van der Waals surface area contributed by atoms with Crippen molar-refractivity contribution in [3.63, 3.8) is 0 Å². The van der Waals surface area contributed by atoms with Gasteiger partial charge in [0.15, 0.2) is 5.13 Å². The highest BCUT2D eigenvalue weighted by Gasteiger charge is 2.19. The van der Waals surface area contributed by atoms with Gasteiger partial charge in [0.25, 0.3) is 0 Å². The van der Waals surface area contributed by atoms with Crippen LogP contribution in [0, 0.1) is 5.82 Å². The third-order valence-electron chi connectivity index (χ3n) is 4.58. The van der Waals surface area contributed by atoms with Gasteiger partial charge in [0.2, 0.25) is 5.91 Å². The van der Waals surface area contributed by atoms with Gasteiger partial charge >= 0.3 is 5.97 Å². The van der Waals surface area contributed by atoms with Crippen molar-refractivity contribution < 1.29 is 18.7 Å². The number of piperazine rings is 1. The number of hydrogen-bond donors (Lipinski definition) is 1. The Kier molecular flexibility index (Phi) is 7.68. The van der Waals surface area contributed by atoms with Crippen LogP contribution in [0.4, 0.5) is 9.52 Å². The largest absolute Gasteiger partial charge is 0.466 e. The molecule has 7 nitrogen and oxygen atoms in total. The molecular formula is C20H25FN4O3S. The third-order valence-corrected chi connectivity index (χ3v) is 5.39. The first-order valence-electron chi connectivity index (χ1n) is 9.61. The number of hydrogen-bond acceptors (Lipinski definition) is 7. The first-order chi connectivity index (χ1) is 14.0. The van der Waals surface area contributed by atoms with Crippen LogP contribution >= 0.6 is 11.3 Å². The van der Waals surface area contributed by atoms with E-state index in [-0.39, 0.29) is 24.1 Å². The van der Waals surface area contributed by atoms with E-state index in [0.29, 0.717) is 24.0 Å². The topological polar surface area (TPSA) is 74.8 Å². The van der Waals surface area contributed by atoms with Gasteiger partial charge in [-0.15, -0.1) is 11.3 Å². The number of nitrogens with one attached hydrogen (secondary N) is 1. The van der Waals surface area contributed by atoms with Crippen molar-refractivity contribution >= 4 is 28.3 Å². The molecule has 2 aromatic rings. The minimum atomic E-state index is -0.325. The number of carbonyl (C=O) groups excluding carboxylic acids is 2. The molecule has 3 rings (SSSR count). The SMILES string of the molecule is CCOC(=O)Cc1csc(NC(=O)CN2CCN(Cc3ccc(F)cc3)CC2)n1. The summed E-state index contributed by atoms with van der Waals surface area (Å²) in [7, 11) is 0. The highest BCUT2D eigenvalue weighted by atomic mass is 32.1. The molecule has 29 heavy (non-hydrogen) atoms. The predicted octanol–water partition coefficient (Wildman–Crippen LogP) is 2.14. The molecule has 2 heterocycles. The average Bonchev–Trinajstić information content (AvgIpc) is 3.12. The number of carbonyl (C=O) groups is 2. The molecule has 1 fully saturated rings. The molecule has 1 saturated heterocycles. The van der Waals surface area contributed by atoms with Crippen LogP contribution in [0.3, 0.4) is 0 Å². The lowest BCUT2D eigenvalue weighted by Gasteiger charge is -2.34. The summed E-state index contributed by atoms with van der Waals surface area (Å²) in [6.07, 6.45) is 0.107. The summed E-state index contributed by atoms with van der Waals surface area (Å²) >= 11 is 1.30. The van der Waals surface area contributed by atoms with Crippen LogP contribution in [-0.4, -0.2) is 66.0 Å². The number of rotatable bonds is 8. The summed E-state index contributed by atoms with van der Waals surface area (Å²) in [4.78, 5) is 32.4. The summed E-state index contributed by atoms with van der Waals surface area (Å²) in [5.41, 5.74) is 1.68. The Balaban J connectivity index is 1.39. The van der Waals surface area contributed by atoms with E-state index in [2.05, 4.69) is 20.1 Å². The standard InChI is InChI=1S/C20H25FN4O3S/c1-2-28-19(27)11-17-14-29-20(22-17)23-18(26)13-25-9-7-24(8-10-25)12-15-3-5-16(21)6-4-15/h3-6,14H,2,7-13H2,1H3,(H,22,23,26). The predicted molar refractivity (Wildman–Crippen MR) is 109 cm³/mol. The van der Waals surface area contributed by atoms with Crippen LogP contribution in [0.1, 0.15) is 18.2 Å². The molecule has 1 aromatic heterocycles. The average molecular weight is 421 g/mol. The van der Waals surface area contributed by atoms with Crippen LogP contribution < -0.4 is 5.32 Å². The molecular weight excluding hydrogens is 395 g/mol. The van der Waals surface area contributed by atoms with Crippen molar-refractivity contribution in [3.8, 4) is 0 Å². The van der Waals surface area contributed by atoms with Crippen LogP contribution in [0.15, 0.2) is 29.6 Å². The van der Waals surface area contributed by atoms with Gasteiger partial charge in [-0.25, -0.2) is 9.37 Å². The second-order valence-electron chi connectivity index (χ2n) is 6.85. The molecule has 0 spiro atoms. The van der Waals surface area contributed by atoms with Gasteiger partial charge < -0.3 is 10.1 Å². The highest BCUT2D eigenvalue weighted by Crippen LogP contribution is 2.16. The van der Waals surface area contributed by atoms with E-state index >= 15 is 0 Å². The van der Waals surface area contributed by atoms with Gasteiger partial charge in [0.1, 0.15) is 5.82 Å². The zero-order chi connectivity index (χ0) is 20.6. The maximum Gasteiger partial charge on any atom is 0.311 e. The summed E-state index contributed by atoms with van der Waals surface area (Å²) < 4.78 is 17.9. The van der Waals surface area contributed by atoms with Gasteiger partial charge in [-0.3, -0.25) is 19.4 Å². The number of esters is 1. The Morgan fingerprint density at radius 2 is 1.86 bits per heavy atom. The number of anilines is 1. The monoisotopic (exact) mass is 420 g/mol. The Hall–Kier alpha value is -2.36. The van der Waals surface area contributed by atoms with Gasteiger partial charge in [0.05, 0.1) is 25.3 Å². The molecule has 0 unspecified atom stereocenters. The highest BCUT2D eigenvalue weighted by molar-refractivity contribution is 7.13. The summed E-state index contributed by atoms with van der Waals surface area (Å²) in [6, 6.07) is 6.57. The maximum absolute atomic E-state index is 13.0. The van der Waals surface area contributed by atoms with Gasteiger partial charge in [-0.05, 0) is 24.6 Å². The Labute approximate surface area is 173 Å². The number of thiazole rings is 1. The summed E-state index contributed by atoms with van der Waals surface area (Å²) in [6.45, 7) is 6.47. The van der Waals surface area contributed by atoms with Crippen LogP contribution in [0.2, 0.25) is 0 Å². The zero-order valence-corrected chi connectivity index (χ0v) is 17.2. The molecule has 0 atom stereocenters. The lowest BCUT2D eigenvalue weighted by atomic mass is 10.2. The number of amides is 1. The third kappa shape index (κ3) is 6.88. The smallest absolute Gasteiger partial charge is 0.311 e. The van der Waals surface area contributed by atoms with Crippen LogP contribution in [-0.2, 0) is 27.3 Å². The fourth-order valence-electron chi connectivity index (χ4n) is 3.12. The Morgan fingerprint density at radius 1 is 1.17 bits per heavy atom. The molecule has 0 aliphatic carbocycles. The van der Waals surface area contributed by atoms with Crippen molar-refractivity contribution in [1.82, 2.24) is 14.8 Å². The Bertz CT molecular complexity index is 819. The normalized spacial score (nSPS) is 15.2. The van der Waals surface area contributed by atoms with E-state index in [9.17, 15) is 14.0 Å². The summed E-state index contributed by atoms with van der Waals surface area (Å²) in [5.74, 6) is -0.666. The second-order valence-corrected chi connectivity index (χ2v) is 7.71. The summed E-state index contributed by atoms with van der Waals surface area (Å²) in [5, 5.41) is 5.04. The van der Waals surface area contributed by atoms with E-state index in [4.69, 9.17) is 4.74 Å². The lowest BCUT2D eigenvalue weighted by molar-refractivity contribution is -0.142. The first-order valence-corrected chi connectivity index (χ1v) is 10.5. The minimum Gasteiger partial charge on any atom is -0.466 e. The van der Waals surface area contributed by atoms with Crippen molar-refractivity contribution in [2.75, 3.05) is 44.6 Å². The van der Waals surface area contributed by atoms with E-state index in [0.717, 1.165) is 38.3 Å². The molecule has 0 bridgehead atoms. The molecule has 1 aliphatic heterocycles. The van der Waals surface area contributed by atoms with Crippen molar-refractivity contribution in [2.45, 2.75) is 19.9 Å². The molecule has 9 heteroatoms. The number of nitrogens with zero attached hydrogens (tertiary/aromatic N) is 3. The van der Waals surface area contributed by atoms with E-state index in [1.54, 1.807) is 24.4 Å². The van der Waals surface area contributed by atoms with E-state index in [1.165, 1.54) is 23.5 Å². The number of aromatic nitrogens is 1. The molecule has 0 radical (unpaired) electrons. The second kappa shape index (κ2) is 10.4. The number of ether oxygens (including phenoxy) is 1. The molecule has 0 saturated carbocycles. The molecule has 1 amide bonds. The van der Waals surface area contributed by atoms with Gasteiger partial charge in [-0.2, -0.15) is 0 Å². The molecule has 1 aromatic carbocycles. The first kappa shape index (κ1) is 21.4. The Morgan fingerprint density at radius 3 is 2.55 bits per heavy atom. The van der Waals surface area contributed by atoms with Gasteiger partial charge in [0, 0.05) is 38.1 Å². The molecule has 156 valence electrons. The van der Waals surface area contributed by atoms with Crippen LogP contribution in [0.5, 0.6) is 0 Å². The number of halogens is 1.